The van der Waals surface area contributed by atoms with Gasteiger partial charge in [0.1, 0.15) is 5.82 Å². The van der Waals surface area contributed by atoms with Crippen molar-refractivity contribution in [3.05, 3.63) is 17.7 Å². The Balaban J connectivity index is 2.34. The lowest BCUT2D eigenvalue weighted by Gasteiger charge is -2.36. The number of carbonyl (C=O) groups excluding carboxylic acids is 1. The van der Waals surface area contributed by atoms with Gasteiger partial charge in [0, 0.05) is 25.6 Å². The second-order valence-electron chi connectivity index (χ2n) is 6.38. The van der Waals surface area contributed by atoms with Crippen LogP contribution in [0.2, 0.25) is 0 Å². The zero-order valence-corrected chi connectivity index (χ0v) is 13.7. The van der Waals surface area contributed by atoms with Gasteiger partial charge in [0.25, 0.3) is 5.91 Å². The summed E-state index contributed by atoms with van der Waals surface area (Å²) in [5.74, 6) is 1.49. The van der Waals surface area contributed by atoms with Gasteiger partial charge in [-0.25, -0.2) is 9.97 Å². The van der Waals surface area contributed by atoms with E-state index in [-0.39, 0.29) is 17.9 Å². The standard InChI is InChI=1S/C16H26N4O/c1-10(2)15-18-8-13(17-5)14(19-15)16(21)20-9-11(3)6-7-12(20)4/h8,10-12,17H,6-7,9H2,1-5H3. The van der Waals surface area contributed by atoms with Crippen LogP contribution in [0.15, 0.2) is 6.20 Å². The highest BCUT2D eigenvalue weighted by atomic mass is 16.2. The predicted octanol–water partition coefficient (Wildman–Crippen LogP) is 2.90. The first-order valence-corrected chi connectivity index (χ1v) is 7.79. The highest BCUT2D eigenvalue weighted by molar-refractivity contribution is 5.97. The number of rotatable bonds is 3. The molecule has 1 saturated heterocycles. The van der Waals surface area contributed by atoms with Crippen molar-refractivity contribution in [1.82, 2.24) is 14.9 Å². The molecule has 1 amide bonds. The first kappa shape index (κ1) is 15.7. The summed E-state index contributed by atoms with van der Waals surface area (Å²) in [6, 6.07) is 0.274. The van der Waals surface area contributed by atoms with Gasteiger partial charge in [-0.2, -0.15) is 0 Å². The van der Waals surface area contributed by atoms with Crippen LogP contribution in [-0.4, -0.2) is 40.4 Å². The molecular formula is C16H26N4O. The molecule has 2 heterocycles. The van der Waals surface area contributed by atoms with Crippen molar-refractivity contribution in [3.63, 3.8) is 0 Å². The topological polar surface area (TPSA) is 58.1 Å². The fourth-order valence-electron chi connectivity index (χ4n) is 2.73. The van der Waals surface area contributed by atoms with E-state index in [0.29, 0.717) is 17.3 Å². The molecule has 2 rings (SSSR count). The smallest absolute Gasteiger partial charge is 0.274 e. The molecule has 0 bridgehead atoms. The summed E-state index contributed by atoms with van der Waals surface area (Å²) in [5.41, 5.74) is 1.20. The van der Waals surface area contributed by atoms with Gasteiger partial charge in [0.15, 0.2) is 5.69 Å². The Morgan fingerprint density at radius 2 is 2.10 bits per heavy atom. The average molecular weight is 290 g/mol. The third-order valence-corrected chi connectivity index (χ3v) is 4.17. The largest absolute Gasteiger partial charge is 0.385 e. The normalized spacial score (nSPS) is 22.5. The molecule has 1 aliphatic rings. The lowest BCUT2D eigenvalue weighted by atomic mass is 9.94. The zero-order chi connectivity index (χ0) is 15.6. The van der Waals surface area contributed by atoms with Crippen LogP contribution in [0.1, 0.15) is 62.8 Å². The third-order valence-electron chi connectivity index (χ3n) is 4.17. The van der Waals surface area contributed by atoms with Crippen molar-refractivity contribution in [2.75, 3.05) is 18.9 Å². The summed E-state index contributed by atoms with van der Waals surface area (Å²) in [6.07, 6.45) is 3.96. The molecule has 5 heteroatoms. The number of amides is 1. The minimum atomic E-state index is 0.0164. The molecule has 1 fully saturated rings. The number of hydrogen-bond acceptors (Lipinski definition) is 4. The summed E-state index contributed by atoms with van der Waals surface area (Å²) in [4.78, 5) is 23.7. The molecular weight excluding hydrogens is 264 g/mol. The average Bonchev–Trinajstić information content (AvgIpc) is 2.48. The second kappa shape index (κ2) is 6.41. The molecule has 1 aliphatic heterocycles. The fraction of sp³-hybridized carbons (Fsp3) is 0.688. The summed E-state index contributed by atoms with van der Waals surface area (Å²) < 4.78 is 0. The predicted molar refractivity (Wildman–Crippen MR) is 84.6 cm³/mol. The van der Waals surface area contributed by atoms with Gasteiger partial charge in [-0.05, 0) is 25.7 Å². The highest BCUT2D eigenvalue weighted by Gasteiger charge is 2.30. The Hall–Kier alpha value is -1.65. The second-order valence-corrected chi connectivity index (χ2v) is 6.38. The molecule has 0 aliphatic carbocycles. The van der Waals surface area contributed by atoms with Crippen molar-refractivity contribution >= 4 is 11.6 Å². The molecule has 2 atom stereocenters. The maximum Gasteiger partial charge on any atom is 0.274 e. The van der Waals surface area contributed by atoms with Gasteiger partial charge in [0.05, 0.1) is 11.9 Å². The number of aromatic nitrogens is 2. The Morgan fingerprint density at radius 1 is 1.38 bits per heavy atom. The summed E-state index contributed by atoms with van der Waals surface area (Å²) in [5, 5.41) is 3.04. The van der Waals surface area contributed by atoms with Crippen LogP contribution in [0.5, 0.6) is 0 Å². The lowest BCUT2D eigenvalue weighted by molar-refractivity contribution is 0.0568. The minimum Gasteiger partial charge on any atom is -0.385 e. The summed E-state index contributed by atoms with van der Waals surface area (Å²) >= 11 is 0. The van der Waals surface area contributed by atoms with Crippen LogP contribution in [0.3, 0.4) is 0 Å². The Labute approximate surface area is 127 Å². The number of anilines is 1. The van der Waals surface area contributed by atoms with E-state index < -0.39 is 0 Å². The molecule has 0 saturated carbocycles. The van der Waals surface area contributed by atoms with Crippen LogP contribution in [0, 0.1) is 5.92 Å². The van der Waals surface area contributed by atoms with Gasteiger partial charge < -0.3 is 10.2 Å². The molecule has 1 aromatic heterocycles. The maximum absolute atomic E-state index is 12.9. The van der Waals surface area contributed by atoms with E-state index >= 15 is 0 Å². The van der Waals surface area contributed by atoms with Crippen LogP contribution >= 0.6 is 0 Å². The third kappa shape index (κ3) is 3.34. The molecule has 2 unspecified atom stereocenters. The highest BCUT2D eigenvalue weighted by Crippen LogP contribution is 2.25. The molecule has 21 heavy (non-hydrogen) atoms. The molecule has 0 radical (unpaired) electrons. The van der Waals surface area contributed by atoms with Gasteiger partial charge in [-0.1, -0.05) is 20.8 Å². The molecule has 1 N–H and O–H groups in total. The van der Waals surface area contributed by atoms with Crippen LogP contribution in [0.4, 0.5) is 5.69 Å². The molecule has 0 aromatic carbocycles. The number of nitrogens with zero attached hydrogens (tertiary/aromatic N) is 3. The Morgan fingerprint density at radius 3 is 2.71 bits per heavy atom. The zero-order valence-electron chi connectivity index (χ0n) is 13.7. The molecule has 0 spiro atoms. The first-order chi connectivity index (χ1) is 9.93. The van der Waals surface area contributed by atoms with E-state index in [2.05, 4.69) is 29.1 Å². The van der Waals surface area contributed by atoms with Crippen molar-refractivity contribution in [2.45, 2.75) is 52.5 Å². The van der Waals surface area contributed by atoms with Crippen LogP contribution in [-0.2, 0) is 0 Å². The minimum absolute atomic E-state index is 0.0164. The van der Waals surface area contributed by atoms with E-state index in [1.54, 1.807) is 13.2 Å². The van der Waals surface area contributed by atoms with E-state index in [4.69, 9.17) is 0 Å². The van der Waals surface area contributed by atoms with E-state index in [1.807, 2.05) is 18.7 Å². The van der Waals surface area contributed by atoms with Gasteiger partial charge in [-0.3, -0.25) is 4.79 Å². The molecule has 1 aromatic rings. The Kier molecular flexibility index (Phi) is 4.80. The van der Waals surface area contributed by atoms with Gasteiger partial charge in [0.2, 0.25) is 0 Å². The van der Waals surface area contributed by atoms with E-state index in [1.165, 1.54) is 6.42 Å². The maximum atomic E-state index is 12.9. The SMILES string of the molecule is CNc1cnc(C(C)C)nc1C(=O)N1CC(C)CCC1C. The monoisotopic (exact) mass is 290 g/mol. The van der Waals surface area contributed by atoms with Gasteiger partial charge >= 0.3 is 0 Å². The van der Waals surface area contributed by atoms with Crippen LogP contribution in [0.25, 0.3) is 0 Å². The Bertz CT molecular complexity index is 515. The summed E-state index contributed by atoms with van der Waals surface area (Å²) in [7, 11) is 1.80. The number of nitrogens with one attached hydrogen (secondary N) is 1. The van der Waals surface area contributed by atoms with E-state index in [9.17, 15) is 4.79 Å². The number of piperidine rings is 1. The van der Waals surface area contributed by atoms with E-state index in [0.717, 1.165) is 18.8 Å². The fourth-order valence-corrected chi connectivity index (χ4v) is 2.73. The van der Waals surface area contributed by atoms with Crippen molar-refractivity contribution in [2.24, 2.45) is 5.92 Å². The molecule has 5 nitrogen and oxygen atoms in total. The van der Waals surface area contributed by atoms with Gasteiger partial charge in [-0.15, -0.1) is 0 Å². The molecule has 116 valence electrons. The lowest BCUT2D eigenvalue weighted by Crippen LogP contribution is -2.45. The van der Waals surface area contributed by atoms with Crippen LogP contribution < -0.4 is 5.32 Å². The number of likely N-dealkylation sites (tertiary alicyclic amines) is 1. The number of carbonyl (C=O) groups is 1. The quantitative estimate of drug-likeness (QED) is 0.930. The van der Waals surface area contributed by atoms with Crippen molar-refractivity contribution in [3.8, 4) is 0 Å². The van der Waals surface area contributed by atoms with Crippen molar-refractivity contribution in [1.29, 1.82) is 0 Å². The van der Waals surface area contributed by atoms with Crippen molar-refractivity contribution < 1.29 is 4.79 Å². The number of hydrogen-bond donors (Lipinski definition) is 1. The first-order valence-electron chi connectivity index (χ1n) is 7.79. The summed E-state index contributed by atoms with van der Waals surface area (Å²) in [6.45, 7) is 9.20.